The van der Waals surface area contributed by atoms with Gasteiger partial charge in [0.2, 0.25) is 5.91 Å². The summed E-state index contributed by atoms with van der Waals surface area (Å²) in [6.45, 7) is 1.98. The van der Waals surface area contributed by atoms with Gasteiger partial charge in [-0.05, 0) is 38.2 Å². The Bertz CT molecular complexity index is 659. The van der Waals surface area contributed by atoms with Gasteiger partial charge >= 0.3 is 0 Å². The highest BCUT2D eigenvalue weighted by Gasteiger charge is 2.21. The zero-order valence-electron chi connectivity index (χ0n) is 12.1. The van der Waals surface area contributed by atoms with Gasteiger partial charge in [-0.15, -0.1) is 0 Å². The molecule has 0 fully saturated rings. The molecule has 4 nitrogen and oxygen atoms in total. The van der Waals surface area contributed by atoms with Gasteiger partial charge < -0.3 is 9.73 Å². The van der Waals surface area contributed by atoms with E-state index in [1.54, 1.807) is 31.0 Å². The highest BCUT2D eigenvalue weighted by molar-refractivity contribution is 5.94. The van der Waals surface area contributed by atoms with Crippen LogP contribution < -0.4 is 5.32 Å². The average Bonchev–Trinajstić information content (AvgIpc) is 2.99. The number of nitrogens with one attached hydrogen (secondary N) is 1. The molecular formula is C15H15F3N2O2. The van der Waals surface area contributed by atoms with E-state index in [9.17, 15) is 18.0 Å². The van der Waals surface area contributed by atoms with E-state index >= 15 is 0 Å². The third-order valence-corrected chi connectivity index (χ3v) is 3.32. The number of amides is 1. The molecule has 0 radical (unpaired) electrons. The number of benzene rings is 1. The minimum Gasteiger partial charge on any atom is -0.468 e. The molecule has 1 atom stereocenters. The van der Waals surface area contributed by atoms with Gasteiger partial charge in [0, 0.05) is 0 Å². The lowest BCUT2D eigenvalue weighted by molar-refractivity contribution is -0.120. The van der Waals surface area contributed by atoms with E-state index in [4.69, 9.17) is 4.42 Å². The molecule has 1 heterocycles. The zero-order chi connectivity index (χ0) is 16.3. The van der Waals surface area contributed by atoms with Crippen molar-refractivity contribution in [3.05, 3.63) is 53.7 Å². The highest BCUT2D eigenvalue weighted by atomic mass is 19.2. The average molecular weight is 312 g/mol. The van der Waals surface area contributed by atoms with E-state index in [-0.39, 0.29) is 0 Å². The molecule has 1 aromatic heterocycles. The lowest BCUT2D eigenvalue weighted by atomic mass is 10.2. The van der Waals surface area contributed by atoms with Gasteiger partial charge in [0.1, 0.15) is 5.76 Å². The molecular weight excluding hydrogens is 297 g/mol. The molecule has 0 aliphatic rings. The van der Waals surface area contributed by atoms with Crippen LogP contribution in [0, 0.1) is 17.5 Å². The Hall–Kier alpha value is -2.28. The number of hydrogen-bond acceptors (Lipinski definition) is 3. The number of furan rings is 1. The second-order valence-electron chi connectivity index (χ2n) is 4.88. The lowest BCUT2D eigenvalue weighted by Gasteiger charge is -2.23. The SMILES string of the molecule is CC(C(=O)Nc1ccc(F)c(F)c1F)N(C)Cc1ccco1. The van der Waals surface area contributed by atoms with Gasteiger partial charge in [-0.25, -0.2) is 13.2 Å². The van der Waals surface area contributed by atoms with Crippen molar-refractivity contribution in [2.24, 2.45) is 0 Å². The fraction of sp³-hybridized carbons (Fsp3) is 0.267. The van der Waals surface area contributed by atoms with E-state index in [0.29, 0.717) is 12.3 Å². The number of carbonyl (C=O) groups is 1. The summed E-state index contributed by atoms with van der Waals surface area (Å²) in [6.07, 6.45) is 1.52. The van der Waals surface area contributed by atoms with E-state index in [1.807, 2.05) is 0 Å². The van der Waals surface area contributed by atoms with Gasteiger partial charge in [-0.2, -0.15) is 0 Å². The number of hydrogen-bond donors (Lipinski definition) is 1. The first-order valence-corrected chi connectivity index (χ1v) is 6.57. The summed E-state index contributed by atoms with van der Waals surface area (Å²) in [5.74, 6) is -4.22. The number of anilines is 1. The zero-order valence-corrected chi connectivity index (χ0v) is 12.1. The first-order chi connectivity index (χ1) is 10.4. The van der Waals surface area contributed by atoms with Crippen LogP contribution in [-0.4, -0.2) is 23.9 Å². The molecule has 22 heavy (non-hydrogen) atoms. The standard InChI is InChI=1S/C15H15F3N2O2/c1-9(20(2)8-10-4-3-7-22-10)15(21)19-12-6-5-11(16)13(17)14(12)18/h3-7,9H,8H2,1-2H3,(H,19,21). The third kappa shape index (κ3) is 3.48. The van der Waals surface area contributed by atoms with E-state index in [1.165, 1.54) is 6.26 Å². The van der Waals surface area contributed by atoms with Crippen LogP contribution in [0.1, 0.15) is 12.7 Å². The maximum atomic E-state index is 13.5. The van der Waals surface area contributed by atoms with Crippen LogP contribution in [0.15, 0.2) is 34.9 Å². The smallest absolute Gasteiger partial charge is 0.241 e. The van der Waals surface area contributed by atoms with Gasteiger partial charge in [0.05, 0.1) is 24.5 Å². The molecule has 2 aromatic rings. The van der Waals surface area contributed by atoms with Crippen LogP contribution in [0.25, 0.3) is 0 Å². The molecule has 1 N–H and O–H groups in total. The largest absolute Gasteiger partial charge is 0.468 e. The van der Waals surface area contributed by atoms with Gasteiger partial charge in [-0.3, -0.25) is 9.69 Å². The van der Waals surface area contributed by atoms with E-state index in [0.717, 1.165) is 12.1 Å². The first kappa shape index (κ1) is 16.1. The summed E-state index contributed by atoms with van der Waals surface area (Å²) in [5.41, 5.74) is -0.401. The quantitative estimate of drug-likeness (QED) is 0.863. The molecule has 0 aliphatic heterocycles. The van der Waals surface area contributed by atoms with Crippen molar-refractivity contribution in [2.45, 2.75) is 19.5 Å². The molecule has 0 spiro atoms. The van der Waals surface area contributed by atoms with Crippen LogP contribution in [0.3, 0.4) is 0 Å². The Balaban J connectivity index is 2.03. The summed E-state index contributed by atoms with van der Waals surface area (Å²) in [7, 11) is 1.69. The molecule has 1 amide bonds. The Morgan fingerprint density at radius 1 is 1.27 bits per heavy atom. The minimum atomic E-state index is -1.62. The van der Waals surface area contributed by atoms with Crippen LogP contribution in [0.2, 0.25) is 0 Å². The molecule has 7 heteroatoms. The van der Waals surface area contributed by atoms with Crippen LogP contribution in [-0.2, 0) is 11.3 Å². The van der Waals surface area contributed by atoms with Gasteiger partial charge in [0.25, 0.3) is 0 Å². The van der Waals surface area contributed by atoms with Crippen LogP contribution in [0.5, 0.6) is 0 Å². The molecule has 0 aliphatic carbocycles. The van der Waals surface area contributed by atoms with Crippen molar-refractivity contribution in [1.29, 1.82) is 0 Å². The van der Waals surface area contributed by atoms with Crippen molar-refractivity contribution in [1.82, 2.24) is 4.90 Å². The monoisotopic (exact) mass is 312 g/mol. The second-order valence-corrected chi connectivity index (χ2v) is 4.88. The van der Waals surface area contributed by atoms with Gasteiger partial charge in [-0.1, -0.05) is 0 Å². The van der Waals surface area contributed by atoms with Crippen molar-refractivity contribution < 1.29 is 22.4 Å². The van der Waals surface area contributed by atoms with Crippen molar-refractivity contribution >= 4 is 11.6 Å². The van der Waals surface area contributed by atoms with Gasteiger partial charge in [0.15, 0.2) is 17.5 Å². The molecule has 0 saturated carbocycles. The summed E-state index contributed by atoms with van der Waals surface area (Å²) in [6, 6.07) is 4.59. The topological polar surface area (TPSA) is 45.5 Å². The summed E-state index contributed by atoms with van der Waals surface area (Å²) >= 11 is 0. The van der Waals surface area contributed by atoms with E-state index < -0.39 is 35.1 Å². The number of nitrogens with zero attached hydrogens (tertiary/aromatic N) is 1. The lowest BCUT2D eigenvalue weighted by Crippen LogP contribution is -2.39. The third-order valence-electron chi connectivity index (χ3n) is 3.32. The normalized spacial score (nSPS) is 12.5. The van der Waals surface area contributed by atoms with Crippen LogP contribution >= 0.6 is 0 Å². The van der Waals surface area contributed by atoms with Crippen molar-refractivity contribution in [2.75, 3.05) is 12.4 Å². The fourth-order valence-corrected chi connectivity index (χ4v) is 1.85. The molecule has 0 bridgehead atoms. The van der Waals surface area contributed by atoms with Crippen molar-refractivity contribution in [3.8, 4) is 0 Å². The van der Waals surface area contributed by atoms with E-state index in [2.05, 4.69) is 5.32 Å². The number of carbonyl (C=O) groups excluding carboxylic acids is 1. The molecule has 118 valence electrons. The predicted molar refractivity (Wildman–Crippen MR) is 74.6 cm³/mol. The summed E-state index contributed by atoms with van der Waals surface area (Å²) in [4.78, 5) is 13.7. The number of likely N-dealkylation sites (N-methyl/N-ethyl adjacent to an activating group) is 1. The second kappa shape index (κ2) is 6.65. The van der Waals surface area contributed by atoms with Crippen molar-refractivity contribution in [3.63, 3.8) is 0 Å². The maximum absolute atomic E-state index is 13.5. The molecule has 0 saturated heterocycles. The highest BCUT2D eigenvalue weighted by Crippen LogP contribution is 2.20. The Labute approximate surface area is 125 Å². The summed E-state index contributed by atoms with van der Waals surface area (Å²) < 4.78 is 44.7. The fourth-order valence-electron chi connectivity index (χ4n) is 1.85. The first-order valence-electron chi connectivity index (χ1n) is 6.57. The summed E-state index contributed by atoms with van der Waals surface area (Å²) in [5, 5.41) is 2.25. The Kier molecular flexibility index (Phi) is 4.87. The predicted octanol–water partition coefficient (Wildman–Crippen LogP) is 3.16. The molecule has 1 unspecified atom stereocenters. The molecule has 1 aromatic carbocycles. The number of halogens is 3. The molecule has 2 rings (SSSR count). The van der Waals surface area contributed by atoms with Crippen LogP contribution in [0.4, 0.5) is 18.9 Å². The number of rotatable bonds is 5. The Morgan fingerprint density at radius 3 is 2.64 bits per heavy atom. The minimum absolute atomic E-state index is 0.377. The maximum Gasteiger partial charge on any atom is 0.241 e. The Morgan fingerprint density at radius 2 is 2.00 bits per heavy atom.